The van der Waals surface area contributed by atoms with E-state index in [0.29, 0.717) is 17.9 Å². The molecule has 3 unspecified atom stereocenters. The molecule has 2 heteroatoms. The Labute approximate surface area is 53.8 Å². The lowest BCUT2D eigenvalue weighted by Crippen LogP contribution is -2.65. The second-order valence-corrected chi connectivity index (χ2v) is 3.57. The molecule has 0 amide bonds. The Kier molecular flexibility index (Phi) is 0.430. The van der Waals surface area contributed by atoms with E-state index in [1.807, 2.05) is 0 Å². The van der Waals surface area contributed by atoms with Gasteiger partial charge in [0.1, 0.15) is 5.78 Å². The summed E-state index contributed by atoms with van der Waals surface area (Å²) >= 11 is 0. The van der Waals surface area contributed by atoms with E-state index in [-0.39, 0.29) is 5.41 Å². The minimum atomic E-state index is 0.245. The summed E-state index contributed by atoms with van der Waals surface area (Å²) in [7, 11) is 2.13. The number of piperidine rings is 1. The highest BCUT2D eigenvalue weighted by Gasteiger charge is 2.81. The van der Waals surface area contributed by atoms with Crippen LogP contribution in [0.4, 0.5) is 0 Å². The zero-order valence-electron chi connectivity index (χ0n) is 5.42. The van der Waals surface area contributed by atoms with Crippen LogP contribution in [0.2, 0.25) is 0 Å². The summed E-state index contributed by atoms with van der Waals surface area (Å²) in [6.45, 7) is 0. The Morgan fingerprint density at radius 3 is 2.78 bits per heavy atom. The van der Waals surface area contributed by atoms with Gasteiger partial charge >= 0.3 is 0 Å². The average Bonchev–Trinajstić information content (AvgIpc) is 2.55. The highest BCUT2D eigenvalue weighted by Crippen LogP contribution is 2.70. The Hall–Kier alpha value is -0.370. The molecule has 3 atom stereocenters. The maximum atomic E-state index is 11.0. The molecule has 0 aromatic rings. The summed E-state index contributed by atoms with van der Waals surface area (Å²) in [6.07, 6.45) is 2.01. The zero-order valence-corrected chi connectivity index (χ0v) is 5.42. The van der Waals surface area contributed by atoms with E-state index in [2.05, 4.69) is 11.9 Å². The number of hydrogen-bond acceptors (Lipinski definition) is 2. The molecule has 0 aromatic carbocycles. The van der Waals surface area contributed by atoms with Gasteiger partial charge in [-0.3, -0.25) is 9.69 Å². The van der Waals surface area contributed by atoms with Gasteiger partial charge in [-0.1, -0.05) is 0 Å². The van der Waals surface area contributed by atoms with E-state index in [4.69, 9.17) is 0 Å². The minimum absolute atomic E-state index is 0.245. The molecule has 1 saturated heterocycles. The topological polar surface area (TPSA) is 20.3 Å². The molecule has 2 aliphatic carbocycles. The van der Waals surface area contributed by atoms with Gasteiger partial charge in [-0.2, -0.15) is 0 Å². The van der Waals surface area contributed by atoms with Crippen molar-refractivity contribution in [2.24, 2.45) is 5.41 Å². The van der Waals surface area contributed by atoms with E-state index >= 15 is 0 Å². The fourth-order valence-corrected chi connectivity index (χ4v) is 2.67. The maximum absolute atomic E-state index is 11.0. The Bertz CT molecular complexity index is 213. The molecule has 0 aromatic heterocycles. The molecular weight excluding hydrogens is 114 g/mol. The van der Waals surface area contributed by atoms with Crippen LogP contribution < -0.4 is 0 Å². The Morgan fingerprint density at radius 2 is 2.44 bits per heavy atom. The molecule has 3 fully saturated rings. The zero-order chi connectivity index (χ0) is 6.22. The molecule has 48 valence electrons. The van der Waals surface area contributed by atoms with Crippen LogP contribution in [0.5, 0.6) is 0 Å². The molecule has 3 aliphatic rings. The quantitative estimate of drug-likeness (QED) is 0.453. The summed E-state index contributed by atoms with van der Waals surface area (Å²) < 4.78 is 0. The van der Waals surface area contributed by atoms with E-state index in [9.17, 15) is 4.79 Å². The first-order chi connectivity index (χ1) is 4.27. The van der Waals surface area contributed by atoms with Crippen LogP contribution in [0.1, 0.15) is 12.8 Å². The normalized spacial score (nSPS) is 61.2. The van der Waals surface area contributed by atoms with Crippen LogP contribution >= 0.6 is 0 Å². The smallest absolute Gasteiger partial charge is 0.143 e. The molecule has 0 radical (unpaired) electrons. The fraction of sp³-hybridized carbons (Fsp3) is 0.857. The van der Waals surface area contributed by atoms with E-state index in [0.717, 1.165) is 6.42 Å². The summed E-state index contributed by atoms with van der Waals surface area (Å²) in [5, 5.41) is 0. The van der Waals surface area contributed by atoms with Crippen molar-refractivity contribution in [3.63, 3.8) is 0 Å². The first-order valence-electron chi connectivity index (χ1n) is 3.52. The van der Waals surface area contributed by atoms with Gasteiger partial charge in [0.25, 0.3) is 0 Å². The number of likely N-dealkylation sites (tertiary alicyclic amines) is 1. The molecular formula is C7H9NO. The van der Waals surface area contributed by atoms with Crippen molar-refractivity contribution in [3.8, 4) is 0 Å². The summed E-state index contributed by atoms with van der Waals surface area (Å²) in [5.74, 6) is 0.538. The average molecular weight is 123 g/mol. The lowest BCUT2D eigenvalue weighted by molar-refractivity contribution is -0.150. The van der Waals surface area contributed by atoms with Crippen LogP contribution in [-0.4, -0.2) is 29.8 Å². The largest absolute Gasteiger partial charge is 0.299 e. The van der Waals surface area contributed by atoms with E-state index in [1.54, 1.807) is 0 Å². The van der Waals surface area contributed by atoms with Gasteiger partial charge in [0, 0.05) is 18.5 Å². The fourth-order valence-electron chi connectivity index (χ4n) is 2.67. The molecule has 9 heavy (non-hydrogen) atoms. The first-order valence-corrected chi connectivity index (χ1v) is 3.52. The molecule has 2 nitrogen and oxygen atoms in total. The van der Waals surface area contributed by atoms with Crippen molar-refractivity contribution in [2.75, 3.05) is 7.05 Å². The molecule has 0 bridgehead atoms. The third-order valence-electron chi connectivity index (χ3n) is 3.44. The van der Waals surface area contributed by atoms with E-state index in [1.165, 1.54) is 6.42 Å². The van der Waals surface area contributed by atoms with Crippen molar-refractivity contribution < 1.29 is 4.79 Å². The number of Topliss-reactive ketones (excluding diaryl/α,β-unsaturated/α-hetero) is 1. The summed E-state index contributed by atoms with van der Waals surface area (Å²) in [4.78, 5) is 13.3. The van der Waals surface area contributed by atoms with Gasteiger partial charge in [-0.15, -0.1) is 0 Å². The number of carbonyl (C=O) groups excluding carboxylic acids is 1. The third-order valence-corrected chi connectivity index (χ3v) is 3.44. The van der Waals surface area contributed by atoms with E-state index < -0.39 is 0 Å². The minimum Gasteiger partial charge on any atom is -0.299 e. The second kappa shape index (κ2) is 0.870. The molecule has 1 aliphatic heterocycles. The summed E-state index contributed by atoms with van der Waals surface area (Å²) in [6, 6.07) is 1.33. The molecule has 3 rings (SSSR count). The van der Waals surface area contributed by atoms with Crippen LogP contribution in [0.3, 0.4) is 0 Å². The van der Waals surface area contributed by atoms with Gasteiger partial charge in [0.2, 0.25) is 0 Å². The number of hydrogen-bond donors (Lipinski definition) is 0. The summed E-state index contributed by atoms with van der Waals surface area (Å²) in [5.41, 5.74) is 0.245. The highest BCUT2D eigenvalue weighted by atomic mass is 16.1. The molecule has 1 spiro atoms. The van der Waals surface area contributed by atoms with Crippen molar-refractivity contribution in [1.29, 1.82) is 0 Å². The van der Waals surface area contributed by atoms with Gasteiger partial charge in [-0.25, -0.2) is 0 Å². The highest BCUT2D eigenvalue weighted by molar-refractivity contribution is 5.99. The first kappa shape index (κ1) is 4.45. The van der Waals surface area contributed by atoms with Crippen LogP contribution in [0.15, 0.2) is 0 Å². The SMILES string of the molecule is CN1C2CC(=O)C23CC13. The monoisotopic (exact) mass is 123 g/mol. The van der Waals surface area contributed by atoms with Crippen molar-refractivity contribution in [2.45, 2.75) is 24.9 Å². The second-order valence-electron chi connectivity index (χ2n) is 3.57. The van der Waals surface area contributed by atoms with Crippen molar-refractivity contribution >= 4 is 5.78 Å². The van der Waals surface area contributed by atoms with Crippen LogP contribution in [-0.2, 0) is 4.79 Å². The van der Waals surface area contributed by atoms with Gasteiger partial charge < -0.3 is 0 Å². The maximum Gasteiger partial charge on any atom is 0.143 e. The predicted octanol–water partition coefficient (Wildman–Crippen LogP) is 0.0319. The number of rotatable bonds is 0. The molecule has 1 heterocycles. The molecule has 2 saturated carbocycles. The Morgan fingerprint density at radius 1 is 1.67 bits per heavy atom. The number of carbonyl (C=O) groups is 1. The van der Waals surface area contributed by atoms with Gasteiger partial charge in [0.05, 0.1) is 5.41 Å². The standard InChI is InChI=1S/C7H9NO/c1-8-4-2-6(9)7(4)3-5(7)8/h4-5H,2-3H2,1H3. The van der Waals surface area contributed by atoms with Crippen molar-refractivity contribution in [3.05, 3.63) is 0 Å². The van der Waals surface area contributed by atoms with Crippen LogP contribution in [0, 0.1) is 5.41 Å². The Balaban J connectivity index is 2.02. The third kappa shape index (κ3) is 0.227. The van der Waals surface area contributed by atoms with Crippen molar-refractivity contribution in [1.82, 2.24) is 4.90 Å². The number of ketones is 1. The molecule has 0 N–H and O–H groups in total. The van der Waals surface area contributed by atoms with Crippen LogP contribution in [0.25, 0.3) is 0 Å². The lowest BCUT2D eigenvalue weighted by atomic mass is 9.68. The predicted molar refractivity (Wildman–Crippen MR) is 32.0 cm³/mol. The lowest BCUT2D eigenvalue weighted by Gasteiger charge is -2.52. The number of nitrogens with zero attached hydrogens (tertiary/aromatic N) is 1. The van der Waals surface area contributed by atoms with Gasteiger partial charge in [-0.05, 0) is 13.5 Å². The van der Waals surface area contributed by atoms with Gasteiger partial charge in [0.15, 0.2) is 0 Å².